The Hall–Kier alpha value is -1.52. The standard InChI is InChI=1S/C17H27NO4/c1-3-21-16(19)14-11-18-15(17(20)22-4-2)13-10-8-6-5-7-9-12(13)14/h11-13,15,18H,3-10H2,1-2H3/t12-,13-,15?/m0/s1. The van der Waals surface area contributed by atoms with Crippen LogP contribution in [0.5, 0.6) is 0 Å². The van der Waals surface area contributed by atoms with Crippen molar-refractivity contribution in [2.75, 3.05) is 13.2 Å². The van der Waals surface area contributed by atoms with Crippen LogP contribution in [0.25, 0.3) is 0 Å². The lowest BCUT2D eigenvalue weighted by atomic mass is 9.72. The summed E-state index contributed by atoms with van der Waals surface area (Å²) in [5, 5.41) is 3.10. The maximum absolute atomic E-state index is 12.2. The van der Waals surface area contributed by atoms with Crippen molar-refractivity contribution >= 4 is 11.9 Å². The minimum atomic E-state index is -0.346. The second kappa shape index (κ2) is 8.20. The highest BCUT2D eigenvalue weighted by atomic mass is 16.5. The van der Waals surface area contributed by atoms with Crippen LogP contribution >= 0.6 is 0 Å². The first-order valence-corrected chi connectivity index (χ1v) is 8.48. The molecule has 2 rings (SSSR count). The van der Waals surface area contributed by atoms with Crippen LogP contribution in [-0.4, -0.2) is 31.2 Å². The van der Waals surface area contributed by atoms with Gasteiger partial charge in [0.1, 0.15) is 6.04 Å². The van der Waals surface area contributed by atoms with Crippen LogP contribution in [0.2, 0.25) is 0 Å². The van der Waals surface area contributed by atoms with Gasteiger partial charge in [0.2, 0.25) is 0 Å². The van der Waals surface area contributed by atoms with E-state index in [1.165, 1.54) is 12.8 Å². The molecule has 5 heteroatoms. The molecule has 0 saturated heterocycles. The van der Waals surface area contributed by atoms with Gasteiger partial charge in [0.15, 0.2) is 0 Å². The molecule has 0 aromatic heterocycles. The first-order chi connectivity index (χ1) is 10.7. The Morgan fingerprint density at radius 1 is 1.09 bits per heavy atom. The van der Waals surface area contributed by atoms with Crippen molar-refractivity contribution in [3.05, 3.63) is 11.8 Å². The molecule has 0 aromatic rings. The summed E-state index contributed by atoms with van der Waals surface area (Å²) in [5.41, 5.74) is 0.689. The summed E-state index contributed by atoms with van der Waals surface area (Å²) in [4.78, 5) is 24.4. The molecule has 0 bridgehead atoms. The van der Waals surface area contributed by atoms with Gasteiger partial charge in [-0.1, -0.05) is 25.7 Å². The predicted octanol–water partition coefficient (Wildman–Crippen LogP) is 2.55. The van der Waals surface area contributed by atoms with Gasteiger partial charge in [0.25, 0.3) is 0 Å². The van der Waals surface area contributed by atoms with E-state index in [1.54, 1.807) is 6.20 Å². The van der Waals surface area contributed by atoms with Gasteiger partial charge >= 0.3 is 11.9 Å². The van der Waals surface area contributed by atoms with E-state index in [-0.39, 0.29) is 29.8 Å². The lowest BCUT2D eigenvalue weighted by Gasteiger charge is -2.38. The molecule has 3 atom stereocenters. The number of carbonyl (C=O) groups is 2. The summed E-state index contributed by atoms with van der Waals surface area (Å²) in [7, 11) is 0. The maximum atomic E-state index is 12.2. The van der Waals surface area contributed by atoms with Gasteiger partial charge in [-0.3, -0.25) is 0 Å². The number of hydrogen-bond acceptors (Lipinski definition) is 5. The van der Waals surface area contributed by atoms with E-state index < -0.39 is 0 Å². The molecule has 5 nitrogen and oxygen atoms in total. The average molecular weight is 309 g/mol. The second-order valence-corrected chi connectivity index (χ2v) is 5.98. The van der Waals surface area contributed by atoms with Crippen molar-refractivity contribution in [3.8, 4) is 0 Å². The molecule has 0 radical (unpaired) electrons. The molecule has 1 unspecified atom stereocenters. The van der Waals surface area contributed by atoms with Crippen LogP contribution in [0.4, 0.5) is 0 Å². The number of carbonyl (C=O) groups excluding carboxylic acids is 2. The van der Waals surface area contributed by atoms with Crippen molar-refractivity contribution in [2.24, 2.45) is 11.8 Å². The van der Waals surface area contributed by atoms with Gasteiger partial charge in [-0.15, -0.1) is 0 Å². The molecule has 124 valence electrons. The topological polar surface area (TPSA) is 64.6 Å². The van der Waals surface area contributed by atoms with Crippen molar-refractivity contribution in [3.63, 3.8) is 0 Å². The molecule has 22 heavy (non-hydrogen) atoms. The first kappa shape index (κ1) is 16.8. The van der Waals surface area contributed by atoms with Gasteiger partial charge in [-0.2, -0.15) is 0 Å². The Balaban J connectivity index is 2.23. The van der Waals surface area contributed by atoms with Crippen LogP contribution in [-0.2, 0) is 19.1 Å². The number of esters is 2. The van der Waals surface area contributed by atoms with Crippen LogP contribution in [0.1, 0.15) is 52.4 Å². The van der Waals surface area contributed by atoms with Crippen LogP contribution in [0.15, 0.2) is 11.8 Å². The summed E-state index contributed by atoms with van der Waals surface area (Å²) in [6, 6.07) is -0.346. The lowest BCUT2D eigenvalue weighted by Crippen LogP contribution is -2.49. The Labute approximate surface area is 132 Å². The normalized spacial score (nSPS) is 28.3. The maximum Gasteiger partial charge on any atom is 0.335 e. The number of nitrogens with one attached hydrogen (secondary N) is 1. The van der Waals surface area contributed by atoms with E-state index in [4.69, 9.17) is 9.47 Å². The number of hydrogen-bond donors (Lipinski definition) is 1. The highest BCUT2D eigenvalue weighted by Gasteiger charge is 2.41. The van der Waals surface area contributed by atoms with E-state index in [0.29, 0.717) is 18.8 Å². The SMILES string of the molecule is CCOC(=O)C1=CNC(C(=O)OCC)[C@H]2CCCCCC[C@H]12. The Morgan fingerprint density at radius 2 is 1.77 bits per heavy atom. The highest BCUT2D eigenvalue weighted by Crippen LogP contribution is 2.38. The largest absolute Gasteiger partial charge is 0.464 e. The van der Waals surface area contributed by atoms with Crippen LogP contribution < -0.4 is 5.32 Å². The molecule has 1 fully saturated rings. The molecular weight excluding hydrogens is 282 g/mol. The third-order valence-corrected chi connectivity index (χ3v) is 4.62. The Morgan fingerprint density at radius 3 is 2.45 bits per heavy atom. The van der Waals surface area contributed by atoms with Crippen molar-refractivity contribution in [2.45, 2.75) is 58.4 Å². The van der Waals surface area contributed by atoms with Gasteiger partial charge in [-0.05, 0) is 38.5 Å². The summed E-state index contributed by atoms with van der Waals surface area (Å²) in [5.74, 6) is -0.260. The molecule has 1 heterocycles. The second-order valence-electron chi connectivity index (χ2n) is 5.98. The Kier molecular flexibility index (Phi) is 6.28. The minimum Gasteiger partial charge on any atom is -0.464 e. The molecule has 0 amide bonds. The minimum absolute atomic E-state index is 0.0926. The van der Waals surface area contributed by atoms with E-state index in [1.807, 2.05) is 13.8 Å². The molecule has 0 aromatic carbocycles. The zero-order valence-electron chi connectivity index (χ0n) is 13.6. The number of rotatable bonds is 4. The molecule has 1 aliphatic carbocycles. The van der Waals surface area contributed by atoms with E-state index >= 15 is 0 Å². The quantitative estimate of drug-likeness (QED) is 0.809. The zero-order chi connectivity index (χ0) is 15.9. The monoisotopic (exact) mass is 309 g/mol. The van der Waals surface area contributed by atoms with Crippen LogP contribution in [0, 0.1) is 11.8 Å². The summed E-state index contributed by atoms with van der Waals surface area (Å²) in [6.45, 7) is 4.37. The van der Waals surface area contributed by atoms with Crippen molar-refractivity contribution < 1.29 is 19.1 Å². The van der Waals surface area contributed by atoms with Crippen molar-refractivity contribution in [1.82, 2.24) is 5.32 Å². The van der Waals surface area contributed by atoms with Gasteiger partial charge in [-0.25, -0.2) is 9.59 Å². The molecule has 2 aliphatic rings. The molecular formula is C17H27NO4. The highest BCUT2D eigenvalue weighted by molar-refractivity contribution is 5.90. The fraction of sp³-hybridized carbons (Fsp3) is 0.765. The third-order valence-electron chi connectivity index (χ3n) is 4.62. The van der Waals surface area contributed by atoms with Crippen LogP contribution in [0.3, 0.4) is 0 Å². The number of ether oxygens (including phenoxy) is 2. The zero-order valence-corrected chi connectivity index (χ0v) is 13.6. The lowest BCUT2D eigenvalue weighted by molar-refractivity contribution is -0.149. The van der Waals surface area contributed by atoms with E-state index in [0.717, 1.165) is 25.7 Å². The Bertz CT molecular complexity index is 432. The predicted molar refractivity (Wildman–Crippen MR) is 83.0 cm³/mol. The van der Waals surface area contributed by atoms with Gasteiger partial charge in [0.05, 0.1) is 18.8 Å². The summed E-state index contributed by atoms with van der Waals surface area (Å²) in [6.07, 6.45) is 8.13. The molecule has 1 saturated carbocycles. The van der Waals surface area contributed by atoms with Crippen molar-refractivity contribution in [1.29, 1.82) is 0 Å². The average Bonchev–Trinajstić information content (AvgIpc) is 2.47. The number of fused-ring (bicyclic) bond motifs is 1. The molecule has 0 spiro atoms. The summed E-state index contributed by atoms with van der Waals surface area (Å²) >= 11 is 0. The fourth-order valence-electron chi connectivity index (χ4n) is 3.61. The van der Waals surface area contributed by atoms with Gasteiger partial charge < -0.3 is 14.8 Å². The first-order valence-electron chi connectivity index (χ1n) is 8.48. The molecule has 1 N–H and O–H groups in total. The van der Waals surface area contributed by atoms with Gasteiger partial charge in [0, 0.05) is 6.20 Å². The fourth-order valence-corrected chi connectivity index (χ4v) is 3.61. The third kappa shape index (κ3) is 3.81. The smallest absolute Gasteiger partial charge is 0.335 e. The molecule has 1 aliphatic heterocycles. The van der Waals surface area contributed by atoms with E-state index in [9.17, 15) is 9.59 Å². The van der Waals surface area contributed by atoms with E-state index in [2.05, 4.69) is 5.32 Å². The summed E-state index contributed by atoms with van der Waals surface area (Å²) < 4.78 is 10.4.